The van der Waals surface area contributed by atoms with Crippen LogP contribution in [0.15, 0.2) is 18.2 Å². The molecule has 6 heteroatoms. The number of primary amides is 1. The fraction of sp³-hybridized carbons (Fsp3) is 0.385. The number of benzene rings is 1. The summed E-state index contributed by atoms with van der Waals surface area (Å²) in [5.41, 5.74) is 5.63. The van der Waals surface area contributed by atoms with Crippen molar-refractivity contribution in [2.75, 3.05) is 19.5 Å². The smallest absolute Gasteiger partial charge is 0.225 e. The van der Waals surface area contributed by atoms with Crippen LogP contribution >= 0.6 is 0 Å². The van der Waals surface area contributed by atoms with E-state index in [0.29, 0.717) is 17.2 Å². The SMILES string of the molecule is COc1ccc(NC(=O)CC(C)C(N)=O)c(OC)c1. The largest absolute Gasteiger partial charge is 0.497 e. The minimum atomic E-state index is -0.510. The van der Waals surface area contributed by atoms with Gasteiger partial charge < -0.3 is 20.5 Å². The Hall–Kier alpha value is -2.24. The Morgan fingerprint density at radius 2 is 2.00 bits per heavy atom. The molecule has 0 bridgehead atoms. The second kappa shape index (κ2) is 6.63. The van der Waals surface area contributed by atoms with E-state index < -0.39 is 11.8 Å². The lowest BCUT2D eigenvalue weighted by atomic mass is 10.1. The molecule has 0 heterocycles. The van der Waals surface area contributed by atoms with Crippen LogP contribution < -0.4 is 20.5 Å². The molecule has 3 N–H and O–H groups in total. The Morgan fingerprint density at radius 1 is 1.32 bits per heavy atom. The van der Waals surface area contributed by atoms with Crippen molar-refractivity contribution in [3.8, 4) is 11.5 Å². The van der Waals surface area contributed by atoms with Crippen LogP contribution in [-0.4, -0.2) is 26.0 Å². The Kier molecular flexibility index (Phi) is 5.17. The quantitative estimate of drug-likeness (QED) is 0.808. The summed E-state index contributed by atoms with van der Waals surface area (Å²) < 4.78 is 10.2. The van der Waals surface area contributed by atoms with E-state index in [4.69, 9.17) is 15.2 Å². The zero-order valence-corrected chi connectivity index (χ0v) is 11.2. The number of methoxy groups -OCH3 is 2. The van der Waals surface area contributed by atoms with Gasteiger partial charge in [0.25, 0.3) is 0 Å². The van der Waals surface area contributed by atoms with Gasteiger partial charge in [0.2, 0.25) is 11.8 Å². The van der Waals surface area contributed by atoms with Crippen molar-refractivity contribution in [2.45, 2.75) is 13.3 Å². The topological polar surface area (TPSA) is 90.6 Å². The highest BCUT2D eigenvalue weighted by molar-refractivity contribution is 5.95. The number of rotatable bonds is 6. The van der Waals surface area contributed by atoms with Crippen molar-refractivity contribution in [3.05, 3.63) is 18.2 Å². The maximum absolute atomic E-state index is 11.7. The summed E-state index contributed by atoms with van der Waals surface area (Å²) in [6.45, 7) is 1.60. The monoisotopic (exact) mass is 266 g/mol. The normalized spacial score (nSPS) is 11.5. The first kappa shape index (κ1) is 14.8. The molecule has 19 heavy (non-hydrogen) atoms. The zero-order valence-electron chi connectivity index (χ0n) is 11.2. The molecule has 0 saturated carbocycles. The number of amides is 2. The van der Waals surface area contributed by atoms with Crippen LogP contribution in [0.25, 0.3) is 0 Å². The van der Waals surface area contributed by atoms with Gasteiger partial charge in [-0.2, -0.15) is 0 Å². The van der Waals surface area contributed by atoms with Crippen LogP contribution in [0.5, 0.6) is 11.5 Å². The average Bonchev–Trinajstić information content (AvgIpc) is 2.38. The van der Waals surface area contributed by atoms with Gasteiger partial charge in [0.1, 0.15) is 11.5 Å². The van der Waals surface area contributed by atoms with Crippen LogP contribution in [-0.2, 0) is 9.59 Å². The predicted molar refractivity (Wildman–Crippen MR) is 71.2 cm³/mol. The van der Waals surface area contributed by atoms with Gasteiger partial charge in [-0.15, -0.1) is 0 Å². The molecule has 0 saturated heterocycles. The standard InChI is InChI=1S/C13H18N2O4/c1-8(13(14)17)6-12(16)15-10-5-4-9(18-2)7-11(10)19-3/h4-5,7-8H,6H2,1-3H3,(H2,14,17)(H,15,16). The lowest BCUT2D eigenvalue weighted by Crippen LogP contribution is -2.25. The number of carbonyl (C=O) groups excluding carboxylic acids is 2. The third kappa shape index (κ3) is 4.17. The van der Waals surface area contributed by atoms with Crippen LogP contribution in [0, 0.1) is 5.92 Å². The third-order valence-corrected chi connectivity index (χ3v) is 2.66. The Balaban J connectivity index is 2.76. The predicted octanol–water partition coefficient (Wildman–Crippen LogP) is 1.15. The van der Waals surface area contributed by atoms with Crippen molar-refractivity contribution in [1.82, 2.24) is 0 Å². The summed E-state index contributed by atoms with van der Waals surface area (Å²) in [5.74, 6) is -0.198. The van der Waals surface area contributed by atoms with Gasteiger partial charge in [0, 0.05) is 18.4 Å². The highest BCUT2D eigenvalue weighted by Crippen LogP contribution is 2.29. The summed E-state index contributed by atoms with van der Waals surface area (Å²) >= 11 is 0. The maximum Gasteiger partial charge on any atom is 0.225 e. The molecule has 1 unspecified atom stereocenters. The summed E-state index contributed by atoms with van der Waals surface area (Å²) in [5, 5.41) is 2.67. The Morgan fingerprint density at radius 3 is 2.53 bits per heavy atom. The van der Waals surface area contributed by atoms with Gasteiger partial charge in [0.05, 0.1) is 19.9 Å². The number of hydrogen-bond acceptors (Lipinski definition) is 4. The maximum atomic E-state index is 11.7. The lowest BCUT2D eigenvalue weighted by Gasteiger charge is -2.12. The van der Waals surface area contributed by atoms with Crippen LogP contribution in [0.1, 0.15) is 13.3 Å². The zero-order chi connectivity index (χ0) is 14.4. The van der Waals surface area contributed by atoms with E-state index in [1.165, 1.54) is 7.11 Å². The Labute approximate surface area is 111 Å². The molecule has 1 atom stereocenters. The van der Waals surface area contributed by atoms with E-state index in [2.05, 4.69) is 5.32 Å². The molecule has 0 fully saturated rings. The van der Waals surface area contributed by atoms with Gasteiger partial charge in [-0.1, -0.05) is 6.92 Å². The molecule has 0 spiro atoms. The molecule has 1 aromatic carbocycles. The van der Waals surface area contributed by atoms with E-state index in [0.717, 1.165) is 0 Å². The Bertz CT molecular complexity index is 474. The van der Waals surface area contributed by atoms with E-state index in [1.54, 1.807) is 32.2 Å². The molecule has 2 amide bonds. The highest BCUT2D eigenvalue weighted by atomic mass is 16.5. The van der Waals surface area contributed by atoms with Gasteiger partial charge in [-0.25, -0.2) is 0 Å². The minimum absolute atomic E-state index is 0.0323. The molecule has 0 aromatic heterocycles. The van der Waals surface area contributed by atoms with E-state index >= 15 is 0 Å². The number of ether oxygens (including phenoxy) is 2. The van der Waals surface area contributed by atoms with Crippen molar-refractivity contribution in [1.29, 1.82) is 0 Å². The summed E-state index contributed by atoms with van der Waals surface area (Å²) in [7, 11) is 3.04. The second-order valence-electron chi connectivity index (χ2n) is 4.12. The molecule has 1 rings (SSSR count). The van der Waals surface area contributed by atoms with E-state index in [1.807, 2.05) is 0 Å². The first-order chi connectivity index (χ1) is 8.97. The number of hydrogen-bond donors (Lipinski definition) is 2. The van der Waals surface area contributed by atoms with Gasteiger partial charge in [-0.3, -0.25) is 9.59 Å². The number of anilines is 1. The van der Waals surface area contributed by atoms with E-state index in [9.17, 15) is 9.59 Å². The molecule has 6 nitrogen and oxygen atoms in total. The third-order valence-electron chi connectivity index (χ3n) is 2.66. The van der Waals surface area contributed by atoms with E-state index in [-0.39, 0.29) is 12.3 Å². The van der Waals surface area contributed by atoms with Gasteiger partial charge in [-0.05, 0) is 12.1 Å². The average molecular weight is 266 g/mol. The van der Waals surface area contributed by atoms with Crippen molar-refractivity contribution < 1.29 is 19.1 Å². The molecule has 0 aliphatic carbocycles. The molecule has 1 aromatic rings. The first-order valence-electron chi connectivity index (χ1n) is 5.79. The number of nitrogens with one attached hydrogen (secondary N) is 1. The minimum Gasteiger partial charge on any atom is -0.497 e. The van der Waals surface area contributed by atoms with Crippen LogP contribution in [0.3, 0.4) is 0 Å². The molecule has 0 radical (unpaired) electrons. The molecule has 104 valence electrons. The van der Waals surface area contributed by atoms with Gasteiger partial charge in [0.15, 0.2) is 0 Å². The lowest BCUT2D eigenvalue weighted by molar-refractivity contribution is -0.125. The van der Waals surface area contributed by atoms with Crippen LogP contribution in [0.2, 0.25) is 0 Å². The fourth-order valence-corrected chi connectivity index (χ4v) is 1.48. The number of nitrogens with two attached hydrogens (primary N) is 1. The first-order valence-corrected chi connectivity index (χ1v) is 5.79. The summed E-state index contributed by atoms with van der Waals surface area (Å²) in [4.78, 5) is 22.6. The van der Waals surface area contributed by atoms with Crippen molar-refractivity contribution in [3.63, 3.8) is 0 Å². The summed E-state index contributed by atoms with van der Waals surface area (Å²) in [6, 6.07) is 5.03. The molecular weight excluding hydrogens is 248 g/mol. The van der Waals surface area contributed by atoms with Crippen molar-refractivity contribution >= 4 is 17.5 Å². The van der Waals surface area contributed by atoms with Crippen molar-refractivity contribution in [2.24, 2.45) is 11.7 Å². The molecular formula is C13H18N2O4. The fourth-order valence-electron chi connectivity index (χ4n) is 1.48. The van der Waals surface area contributed by atoms with Gasteiger partial charge >= 0.3 is 0 Å². The second-order valence-corrected chi connectivity index (χ2v) is 4.12. The number of carbonyl (C=O) groups is 2. The van der Waals surface area contributed by atoms with Crippen LogP contribution in [0.4, 0.5) is 5.69 Å². The molecule has 0 aliphatic rings. The highest BCUT2D eigenvalue weighted by Gasteiger charge is 2.15. The molecule has 0 aliphatic heterocycles. The summed E-state index contributed by atoms with van der Waals surface area (Å²) in [6.07, 6.45) is 0.0323.